The number of halogens is 1. The van der Waals surface area contributed by atoms with E-state index in [1.165, 1.54) is 0 Å². The van der Waals surface area contributed by atoms with Gasteiger partial charge in [-0.25, -0.2) is 0 Å². The number of hydrazine groups is 1. The minimum atomic E-state index is -0.748. The number of carbonyl (C=O) groups is 2. The Morgan fingerprint density at radius 2 is 1.75 bits per heavy atom. The van der Waals surface area contributed by atoms with Crippen LogP contribution in [0.2, 0.25) is 5.02 Å². The average molecular weight is 420 g/mol. The van der Waals surface area contributed by atoms with Gasteiger partial charge in [-0.1, -0.05) is 29.8 Å². The number of hydrogen-bond acceptors (Lipinski definition) is 4. The highest BCUT2D eigenvalue weighted by Gasteiger charge is 2.15. The van der Waals surface area contributed by atoms with Crippen molar-refractivity contribution in [3.8, 4) is 5.75 Å². The van der Waals surface area contributed by atoms with Gasteiger partial charge in [0.05, 0.1) is 6.42 Å². The summed E-state index contributed by atoms with van der Waals surface area (Å²) in [6.45, 7) is 5.59. The predicted molar refractivity (Wildman–Crippen MR) is 113 cm³/mol. The van der Waals surface area contributed by atoms with Gasteiger partial charge in [-0.2, -0.15) is 0 Å². The van der Waals surface area contributed by atoms with Crippen molar-refractivity contribution in [1.82, 2.24) is 16.2 Å². The Bertz CT molecular complexity index is 871. The lowest BCUT2D eigenvalue weighted by atomic mass is 10.1. The largest absolute Gasteiger partial charge is 0.481 e. The summed E-state index contributed by atoms with van der Waals surface area (Å²) in [6.07, 6.45) is -0.610. The predicted octanol–water partition coefficient (Wildman–Crippen LogP) is 2.99. The molecule has 2 rings (SSSR count). The van der Waals surface area contributed by atoms with E-state index >= 15 is 0 Å². The molecule has 0 radical (unpaired) electrons. The van der Waals surface area contributed by atoms with Crippen LogP contribution in [-0.2, 0) is 16.0 Å². The highest BCUT2D eigenvalue weighted by Crippen LogP contribution is 2.17. The first-order chi connectivity index (χ1) is 13.2. The van der Waals surface area contributed by atoms with Gasteiger partial charge >= 0.3 is 0 Å². The van der Waals surface area contributed by atoms with E-state index in [0.29, 0.717) is 10.8 Å². The fourth-order valence-electron chi connectivity index (χ4n) is 2.25. The lowest BCUT2D eigenvalue weighted by molar-refractivity contribution is -0.128. The number of rotatable bonds is 5. The maximum Gasteiger partial charge on any atom is 0.279 e. The quantitative estimate of drug-likeness (QED) is 0.513. The van der Waals surface area contributed by atoms with Gasteiger partial charge in [-0.05, 0) is 73.9 Å². The van der Waals surface area contributed by atoms with Crippen LogP contribution in [-0.4, -0.2) is 23.0 Å². The number of aryl methyl sites for hydroxylation is 2. The van der Waals surface area contributed by atoms with Crippen molar-refractivity contribution in [2.75, 3.05) is 0 Å². The molecular formula is C20H22ClN3O3S. The Labute approximate surface area is 174 Å². The Hall–Kier alpha value is -2.64. The van der Waals surface area contributed by atoms with Crippen molar-refractivity contribution in [2.45, 2.75) is 33.3 Å². The Balaban J connectivity index is 1.76. The number of carbonyl (C=O) groups excluding carboxylic acids is 2. The van der Waals surface area contributed by atoms with E-state index in [1.807, 2.05) is 26.0 Å². The van der Waals surface area contributed by atoms with E-state index in [1.54, 1.807) is 37.3 Å². The molecule has 0 fully saturated rings. The smallest absolute Gasteiger partial charge is 0.279 e. The molecule has 1 atom stereocenters. The van der Waals surface area contributed by atoms with E-state index in [0.717, 1.165) is 16.7 Å². The van der Waals surface area contributed by atoms with Crippen molar-refractivity contribution in [3.05, 3.63) is 64.2 Å². The fraction of sp³-hybridized carbons (Fsp3) is 0.250. The molecule has 2 aromatic carbocycles. The zero-order chi connectivity index (χ0) is 20.7. The van der Waals surface area contributed by atoms with E-state index in [4.69, 9.17) is 28.6 Å². The van der Waals surface area contributed by atoms with Crippen LogP contribution in [0.3, 0.4) is 0 Å². The van der Waals surface area contributed by atoms with Gasteiger partial charge in [0.1, 0.15) is 5.75 Å². The number of hydrogen-bond donors (Lipinski definition) is 3. The molecule has 2 aromatic rings. The molecular weight excluding hydrogens is 398 g/mol. The lowest BCUT2D eigenvalue weighted by Gasteiger charge is -2.17. The van der Waals surface area contributed by atoms with Crippen LogP contribution < -0.4 is 20.9 Å². The van der Waals surface area contributed by atoms with E-state index in [9.17, 15) is 9.59 Å². The molecule has 0 aliphatic carbocycles. The van der Waals surface area contributed by atoms with Crippen LogP contribution in [0.25, 0.3) is 0 Å². The van der Waals surface area contributed by atoms with Crippen LogP contribution in [0.5, 0.6) is 5.75 Å². The van der Waals surface area contributed by atoms with Crippen molar-refractivity contribution >= 4 is 40.7 Å². The Morgan fingerprint density at radius 1 is 1.07 bits per heavy atom. The van der Waals surface area contributed by atoms with Crippen molar-refractivity contribution in [2.24, 2.45) is 0 Å². The SMILES string of the molecule is Cc1ccc(OC(C)C(=O)NNC(=S)NC(=O)Cc2ccc(Cl)cc2)cc1C. The second-order valence-corrected chi connectivity index (χ2v) is 7.15. The van der Waals surface area contributed by atoms with Crippen LogP contribution in [0.1, 0.15) is 23.6 Å². The third-order valence-corrected chi connectivity index (χ3v) is 4.45. The molecule has 148 valence electrons. The van der Waals surface area contributed by atoms with Crippen molar-refractivity contribution < 1.29 is 14.3 Å². The van der Waals surface area contributed by atoms with Gasteiger partial charge in [0.2, 0.25) is 5.91 Å². The van der Waals surface area contributed by atoms with Gasteiger partial charge in [0.15, 0.2) is 11.2 Å². The summed E-state index contributed by atoms with van der Waals surface area (Å²) in [7, 11) is 0. The molecule has 0 saturated heterocycles. The molecule has 0 aliphatic heterocycles. The second-order valence-electron chi connectivity index (χ2n) is 6.30. The van der Waals surface area contributed by atoms with E-state index in [2.05, 4.69) is 16.2 Å². The minimum Gasteiger partial charge on any atom is -0.481 e. The summed E-state index contributed by atoms with van der Waals surface area (Å²) in [5.41, 5.74) is 7.93. The zero-order valence-electron chi connectivity index (χ0n) is 15.8. The number of ether oxygens (including phenoxy) is 1. The Morgan fingerprint density at radius 3 is 2.39 bits per heavy atom. The first-order valence-electron chi connectivity index (χ1n) is 8.62. The minimum absolute atomic E-state index is 0.00862. The molecule has 6 nitrogen and oxygen atoms in total. The summed E-state index contributed by atoms with van der Waals surface area (Å²) >= 11 is 10.8. The lowest BCUT2D eigenvalue weighted by Crippen LogP contribution is -2.51. The molecule has 3 N–H and O–H groups in total. The van der Waals surface area contributed by atoms with Gasteiger partial charge in [0.25, 0.3) is 5.91 Å². The van der Waals surface area contributed by atoms with E-state index in [-0.39, 0.29) is 17.4 Å². The number of nitrogens with one attached hydrogen (secondary N) is 3. The third kappa shape index (κ3) is 6.83. The van der Waals surface area contributed by atoms with Gasteiger partial charge < -0.3 is 10.1 Å². The van der Waals surface area contributed by atoms with Gasteiger partial charge in [0, 0.05) is 5.02 Å². The molecule has 0 saturated carbocycles. The third-order valence-electron chi connectivity index (χ3n) is 3.99. The highest BCUT2D eigenvalue weighted by molar-refractivity contribution is 7.80. The van der Waals surface area contributed by atoms with Crippen LogP contribution in [0.4, 0.5) is 0 Å². The Kier molecular flexibility index (Phi) is 7.78. The molecule has 1 unspecified atom stereocenters. The van der Waals surface area contributed by atoms with Crippen LogP contribution in [0, 0.1) is 13.8 Å². The highest BCUT2D eigenvalue weighted by atomic mass is 35.5. The maximum absolute atomic E-state index is 12.1. The molecule has 2 amide bonds. The monoisotopic (exact) mass is 419 g/mol. The van der Waals surface area contributed by atoms with Crippen LogP contribution in [0.15, 0.2) is 42.5 Å². The van der Waals surface area contributed by atoms with Gasteiger partial charge in [-0.3, -0.25) is 20.4 Å². The normalized spacial score (nSPS) is 11.3. The molecule has 0 spiro atoms. The average Bonchev–Trinajstić information content (AvgIpc) is 2.64. The fourth-order valence-corrected chi connectivity index (χ4v) is 2.55. The molecule has 8 heteroatoms. The van der Waals surface area contributed by atoms with Crippen molar-refractivity contribution in [3.63, 3.8) is 0 Å². The summed E-state index contributed by atoms with van der Waals surface area (Å²) in [4.78, 5) is 24.1. The zero-order valence-corrected chi connectivity index (χ0v) is 17.4. The van der Waals surface area contributed by atoms with Crippen molar-refractivity contribution in [1.29, 1.82) is 0 Å². The number of thiocarbonyl (C=S) groups is 1. The molecule has 0 heterocycles. The van der Waals surface area contributed by atoms with Crippen LogP contribution >= 0.6 is 23.8 Å². The summed E-state index contributed by atoms with van der Waals surface area (Å²) in [5.74, 6) is -0.134. The topological polar surface area (TPSA) is 79.5 Å². The first-order valence-corrected chi connectivity index (χ1v) is 9.41. The maximum atomic E-state index is 12.1. The number of benzene rings is 2. The molecule has 0 aromatic heterocycles. The summed E-state index contributed by atoms with van der Waals surface area (Å²) in [6, 6.07) is 12.5. The number of amides is 2. The second kappa shape index (κ2) is 10.1. The first kappa shape index (κ1) is 21.7. The summed E-state index contributed by atoms with van der Waals surface area (Å²) in [5, 5.41) is 3.08. The van der Waals surface area contributed by atoms with E-state index < -0.39 is 12.0 Å². The molecule has 0 aliphatic rings. The standard InChI is InChI=1S/C20H22ClN3O3S/c1-12-4-9-17(10-13(12)2)27-14(3)19(26)23-24-20(28)22-18(25)11-15-5-7-16(21)8-6-15/h4-10,14H,11H2,1-3H3,(H,23,26)(H2,22,24,25,28). The summed E-state index contributed by atoms with van der Waals surface area (Å²) < 4.78 is 5.62. The molecule has 28 heavy (non-hydrogen) atoms. The molecule has 0 bridgehead atoms. The van der Waals surface area contributed by atoms with Gasteiger partial charge in [-0.15, -0.1) is 0 Å².